The van der Waals surface area contributed by atoms with Crippen LogP contribution in [-0.2, 0) is 11.2 Å². The van der Waals surface area contributed by atoms with E-state index in [1.807, 2.05) is 25.3 Å². The van der Waals surface area contributed by atoms with Gasteiger partial charge in [-0.05, 0) is 73.7 Å². The molecule has 1 aliphatic rings. The number of thiophene rings is 1. The highest BCUT2D eigenvalue weighted by Gasteiger charge is 2.34. The summed E-state index contributed by atoms with van der Waals surface area (Å²) >= 11 is 1.67. The first-order chi connectivity index (χ1) is 15.4. The Bertz CT molecular complexity index is 1060. The standard InChI is InChI=1S/C24H25FN2O4S/c1-16(2)27(24(29)21-4-3-12-30-21)14-23(28)26-11-9-22-19(10-13-32-22)20(26)15-31-18-7-5-17(25)6-8-18/h3-8,10,12-13,16,20H,9,11,14-15H2,1-2H3. The van der Waals surface area contributed by atoms with Crippen molar-refractivity contribution in [3.63, 3.8) is 0 Å². The summed E-state index contributed by atoms with van der Waals surface area (Å²) in [6.45, 7) is 4.48. The maximum Gasteiger partial charge on any atom is 0.290 e. The van der Waals surface area contributed by atoms with Gasteiger partial charge in [-0.15, -0.1) is 11.3 Å². The normalized spacial score (nSPS) is 15.5. The van der Waals surface area contributed by atoms with Gasteiger partial charge in [0, 0.05) is 17.5 Å². The zero-order chi connectivity index (χ0) is 22.7. The van der Waals surface area contributed by atoms with Crippen LogP contribution in [0.25, 0.3) is 0 Å². The molecule has 1 unspecified atom stereocenters. The number of fused-ring (bicyclic) bond motifs is 1. The predicted molar refractivity (Wildman–Crippen MR) is 119 cm³/mol. The topological polar surface area (TPSA) is 63.0 Å². The summed E-state index contributed by atoms with van der Waals surface area (Å²) in [5.74, 6) is -0.0461. The first-order valence-electron chi connectivity index (χ1n) is 10.5. The number of carbonyl (C=O) groups excluding carboxylic acids is 2. The van der Waals surface area contributed by atoms with Gasteiger partial charge in [0.2, 0.25) is 5.91 Å². The molecule has 0 saturated heterocycles. The van der Waals surface area contributed by atoms with Crippen molar-refractivity contribution in [3.8, 4) is 5.75 Å². The zero-order valence-corrected chi connectivity index (χ0v) is 18.8. The lowest BCUT2D eigenvalue weighted by Gasteiger charge is -2.37. The summed E-state index contributed by atoms with van der Waals surface area (Å²) in [7, 11) is 0. The number of nitrogens with zero attached hydrogens (tertiary/aromatic N) is 2. The Hall–Kier alpha value is -3.13. The summed E-state index contributed by atoms with van der Waals surface area (Å²) in [6, 6.07) is 10.6. The lowest BCUT2D eigenvalue weighted by molar-refractivity contribution is -0.136. The van der Waals surface area contributed by atoms with Crippen molar-refractivity contribution in [2.45, 2.75) is 32.4 Å². The average Bonchev–Trinajstić information content (AvgIpc) is 3.48. The number of benzene rings is 1. The van der Waals surface area contributed by atoms with Gasteiger partial charge in [0.05, 0.1) is 12.3 Å². The van der Waals surface area contributed by atoms with Crippen LogP contribution in [0.4, 0.5) is 4.39 Å². The van der Waals surface area contributed by atoms with Crippen molar-refractivity contribution < 1.29 is 23.1 Å². The lowest BCUT2D eigenvalue weighted by Crippen LogP contribution is -2.49. The summed E-state index contributed by atoms with van der Waals surface area (Å²) < 4.78 is 24.4. The van der Waals surface area contributed by atoms with Gasteiger partial charge in [0.25, 0.3) is 5.91 Å². The SMILES string of the molecule is CC(C)N(CC(=O)N1CCc2sccc2C1COc1ccc(F)cc1)C(=O)c1ccco1. The van der Waals surface area contributed by atoms with E-state index in [-0.39, 0.29) is 48.6 Å². The van der Waals surface area contributed by atoms with Gasteiger partial charge in [-0.3, -0.25) is 9.59 Å². The van der Waals surface area contributed by atoms with E-state index in [0.29, 0.717) is 12.3 Å². The van der Waals surface area contributed by atoms with Gasteiger partial charge in [-0.2, -0.15) is 0 Å². The zero-order valence-electron chi connectivity index (χ0n) is 18.0. The minimum Gasteiger partial charge on any atom is -0.491 e. The summed E-state index contributed by atoms with van der Waals surface area (Å²) in [5.41, 5.74) is 1.06. The highest BCUT2D eigenvalue weighted by Crippen LogP contribution is 2.34. The second-order valence-electron chi connectivity index (χ2n) is 7.92. The van der Waals surface area contributed by atoms with Gasteiger partial charge in [0.1, 0.15) is 24.7 Å². The molecule has 0 spiro atoms. The van der Waals surface area contributed by atoms with E-state index in [9.17, 15) is 14.0 Å². The van der Waals surface area contributed by atoms with Crippen LogP contribution in [0.15, 0.2) is 58.5 Å². The molecule has 2 aromatic heterocycles. The first-order valence-corrected chi connectivity index (χ1v) is 11.4. The Morgan fingerprint density at radius 1 is 1.25 bits per heavy atom. The second kappa shape index (κ2) is 9.56. The Kier molecular flexibility index (Phi) is 6.60. The molecular formula is C24H25FN2O4S. The molecule has 1 aliphatic heterocycles. The molecule has 8 heteroatoms. The van der Waals surface area contributed by atoms with Crippen molar-refractivity contribution >= 4 is 23.2 Å². The van der Waals surface area contributed by atoms with E-state index < -0.39 is 0 Å². The van der Waals surface area contributed by atoms with E-state index in [1.54, 1.807) is 40.5 Å². The molecule has 168 valence electrons. The van der Waals surface area contributed by atoms with Crippen LogP contribution in [-0.4, -0.2) is 47.4 Å². The smallest absolute Gasteiger partial charge is 0.290 e. The molecule has 32 heavy (non-hydrogen) atoms. The Morgan fingerprint density at radius 3 is 2.72 bits per heavy atom. The molecule has 1 aromatic carbocycles. The number of halogens is 1. The third kappa shape index (κ3) is 4.70. The molecule has 0 bridgehead atoms. The maximum atomic E-state index is 13.4. The lowest BCUT2D eigenvalue weighted by atomic mass is 10.00. The minimum atomic E-state index is -0.332. The number of carbonyl (C=O) groups is 2. The molecule has 3 heterocycles. The van der Waals surface area contributed by atoms with E-state index in [4.69, 9.17) is 9.15 Å². The van der Waals surface area contributed by atoms with Crippen LogP contribution in [0.2, 0.25) is 0 Å². The molecule has 0 fully saturated rings. The van der Waals surface area contributed by atoms with Crippen LogP contribution in [0, 0.1) is 5.82 Å². The molecule has 6 nitrogen and oxygen atoms in total. The monoisotopic (exact) mass is 456 g/mol. The van der Waals surface area contributed by atoms with E-state index in [1.165, 1.54) is 28.2 Å². The second-order valence-corrected chi connectivity index (χ2v) is 8.92. The number of hydrogen-bond acceptors (Lipinski definition) is 5. The number of furan rings is 1. The molecule has 0 radical (unpaired) electrons. The minimum absolute atomic E-state index is 0.0519. The number of rotatable bonds is 7. The molecule has 2 amide bonds. The third-order valence-electron chi connectivity index (χ3n) is 5.56. The molecular weight excluding hydrogens is 431 g/mol. The highest BCUT2D eigenvalue weighted by atomic mass is 32.1. The van der Waals surface area contributed by atoms with Crippen LogP contribution >= 0.6 is 11.3 Å². The summed E-state index contributed by atoms with van der Waals surface area (Å²) in [4.78, 5) is 30.8. The van der Waals surface area contributed by atoms with Gasteiger partial charge >= 0.3 is 0 Å². The largest absolute Gasteiger partial charge is 0.491 e. The number of hydrogen-bond donors (Lipinski definition) is 0. The third-order valence-corrected chi connectivity index (χ3v) is 6.56. The predicted octanol–water partition coefficient (Wildman–Crippen LogP) is 4.54. The summed E-state index contributed by atoms with van der Waals surface area (Å²) in [6.07, 6.45) is 2.21. The number of amides is 2. The van der Waals surface area contributed by atoms with Crippen molar-refractivity contribution in [1.82, 2.24) is 9.80 Å². The fraction of sp³-hybridized carbons (Fsp3) is 0.333. The van der Waals surface area contributed by atoms with Gasteiger partial charge in [-0.25, -0.2) is 4.39 Å². The molecule has 3 aromatic rings. The Balaban J connectivity index is 1.52. The molecule has 0 N–H and O–H groups in total. The molecule has 0 saturated carbocycles. The Morgan fingerprint density at radius 2 is 2.03 bits per heavy atom. The quantitative estimate of drug-likeness (QED) is 0.524. The van der Waals surface area contributed by atoms with E-state index >= 15 is 0 Å². The summed E-state index contributed by atoms with van der Waals surface area (Å²) in [5, 5.41) is 2.02. The fourth-order valence-electron chi connectivity index (χ4n) is 3.85. The molecule has 1 atom stereocenters. The van der Waals surface area contributed by atoms with Crippen LogP contribution in [0.1, 0.15) is 40.9 Å². The molecule has 0 aliphatic carbocycles. The van der Waals surface area contributed by atoms with Crippen molar-refractivity contribution in [3.05, 3.63) is 76.1 Å². The highest BCUT2D eigenvalue weighted by molar-refractivity contribution is 7.10. The first kappa shape index (κ1) is 22.1. The van der Waals surface area contributed by atoms with Crippen LogP contribution < -0.4 is 4.74 Å². The fourth-order valence-corrected chi connectivity index (χ4v) is 4.78. The maximum absolute atomic E-state index is 13.4. The van der Waals surface area contributed by atoms with Gasteiger partial charge in [-0.1, -0.05) is 0 Å². The van der Waals surface area contributed by atoms with Crippen molar-refractivity contribution in [1.29, 1.82) is 0 Å². The van der Waals surface area contributed by atoms with Crippen molar-refractivity contribution in [2.24, 2.45) is 0 Å². The van der Waals surface area contributed by atoms with Crippen LogP contribution in [0.5, 0.6) is 5.75 Å². The van der Waals surface area contributed by atoms with E-state index in [0.717, 1.165) is 12.0 Å². The molecule has 4 rings (SSSR count). The van der Waals surface area contributed by atoms with Crippen molar-refractivity contribution in [2.75, 3.05) is 19.7 Å². The average molecular weight is 457 g/mol. The van der Waals surface area contributed by atoms with Gasteiger partial charge in [0.15, 0.2) is 5.76 Å². The van der Waals surface area contributed by atoms with Crippen LogP contribution in [0.3, 0.4) is 0 Å². The van der Waals surface area contributed by atoms with E-state index in [2.05, 4.69) is 0 Å². The number of ether oxygens (including phenoxy) is 1. The van der Waals surface area contributed by atoms with Gasteiger partial charge < -0.3 is 19.0 Å². The Labute approximate surface area is 190 Å².